The fourth-order valence-electron chi connectivity index (χ4n) is 12.9. The Kier molecular flexibility index (Phi) is 72.6. The third kappa shape index (κ3) is 64.8. The molecule has 0 spiro atoms. The molecule has 0 amide bonds. The molecule has 0 heterocycles. The van der Waals surface area contributed by atoms with Crippen molar-refractivity contribution in [1.82, 2.24) is 9.80 Å². The average molecular weight is 1330 g/mol. The van der Waals surface area contributed by atoms with Gasteiger partial charge in [-0.2, -0.15) is 0 Å². The number of rotatable bonds is 66. The van der Waals surface area contributed by atoms with Gasteiger partial charge in [-0.25, -0.2) is 0 Å². The first-order valence-corrected chi connectivity index (χ1v) is 41.8. The van der Waals surface area contributed by atoms with Gasteiger partial charge in [0, 0.05) is 25.7 Å². The maximum absolute atomic E-state index is 6.62. The van der Waals surface area contributed by atoms with Crippen molar-refractivity contribution in [3.63, 3.8) is 0 Å². The molecule has 2 fully saturated rings. The van der Waals surface area contributed by atoms with E-state index in [1.807, 2.05) is 13.8 Å². The molecule has 0 saturated heterocycles. The number of hydrogen-bond acceptors (Lipinski definition) is 6. The van der Waals surface area contributed by atoms with Gasteiger partial charge in [-0.3, -0.25) is 0 Å². The minimum atomic E-state index is -0.320. The summed E-state index contributed by atoms with van der Waals surface area (Å²) in [5, 5.41) is 0. The van der Waals surface area contributed by atoms with Crippen LogP contribution in [0.1, 0.15) is 382 Å². The van der Waals surface area contributed by atoms with E-state index in [2.05, 4.69) is 163 Å². The van der Waals surface area contributed by atoms with Crippen molar-refractivity contribution in [2.75, 3.05) is 67.7 Å². The Balaban J connectivity index is 0.00000181. The van der Waals surface area contributed by atoms with Crippen LogP contribution in [0.5, 0.6) is 0 Å². The van der Waals surface area contributed by atoms with Crippen LogP contribution < -0.4 is 0 Å². The molecular formula is C89H166N2O4. The van der Waals surface area contributed by atoms with Gasteiger partial charge in [-0.05, 0) is 239 Å². The van der Waals surface area contributed by atoms with Crippen LogP contribution in [0.2, 0.25) is 0 Å². The molecule has 1 unspecified atom stereocenters. The number of hydrogen-bond donors (Lipinski definition) is 0. The van der Waals surface area contributed by atoms with E-state index in [1.54, 1.807) is 0 Å². The minimum absolute atomic E-state index is 0.318. The van der Waals surface area contributed by atoms with Crippen molar-refractivity contribution < 1.29 is 18.9 Å². The zero-order chi connectivity index (χ0) is 69.2. The molecule has 0 aromatic rings. The molecule has 95 heavy (non-hydrogen) atoms. The quantitative estimate of drug-likeness (QED) is 0.0343. The molecule has 556 valence electrons. The topological polar surface area (TPSA) is 43.4 Å². The highest BCUT2D eigenvalue weighted by Gasteiger charge is 2.41. The van der Waals surface area contributed by atoms with E-state index in [9.17, 15) is 0 Å². The van der Waals surface area contributed by atoms with Crippen molar-refractivity contribution >= 4 is 0 Å². The Hall–Kier alpha value is -2.32. The van der Waals surface area contributed by atoms with Gasteiger partial charge in [0.1, 0.15) is 0 Å². The smallest absolute Gasteiger partial charge is 0.168 e. The second kappa shape index (κ2) is 74.4. The largest absolute Gasteiger partial charge is 0.350 e. The fourth-order valence-corrected chi connectivity index (χ4v) is 12.9. The first-order chi connectivity index (χ1) is 46.7. The van der Waals surface area contributed by atoms with Crippen LogP contribution in [0.4, 0.5) is 0 Å². The number of nitrogens with zero attached hydrogens (tertiary/aromatic N) is 2. The predicted octanol–water partition coefficient (Wildman–Crippen LogP) is 28.0. The second-order valence-corrected chi connectivity index (χ2v) is 28.9. The van der Waals surface area contributed by atoms with Crippen molar-refractivity contribution in [1.29, 1.82) is 0 Å². The molecular weight excluding hydrogens is 1160 g/mol. The van der Waals surface area contributed by atoms with Crippen LogP contribution in [-0.2, 0) is 18.9 Å². The Bertz CT molecular complexity index is 1670. The first-order valence-electron chi connectivity index (χ1n) is 41.8. The van der Waals surface area contributed by atoms with Crippen molar-refractivity contribution in [2.24, 2.45) is 11.8 Å². The second-order valence-electron chi connectivity index (χ2n) is 28.9. The SMILES string of the molecule is CC.CCCCC/C=C\C/C=C\CCCCCCCOC1(OCCCCCCC/C=C\C/C=C\CCCCC)CCC(CCN(C)C)C1.CCCCC/C=C\C/C=C\CCCCCCCOC1(OCCCCCCC/C=C\C/C=C\CCCCC)CCC(CCN(C)C)CC1. The molecule has 1 atom stereocenters. The summed E-state index contributed by atoms with van der Waals surface area (Å²) in [6.07, 6.45) is 104. The van der Waals surface area contributed by atoms with E-state index in [0.717, 1.165) is 122 Å². The Labute approximate surface area is 595 Å². The monoisotopic (exact) mass is 1330 g/mol. The molecule has 6 heteroatoms. The standard InChI is InChI=1S/C44H81NO2.C43H79NO2.C2H6/c1-5-7-9-11-13-15-17-19-21-23-25-27-29-31-33-41-46-44(38-35-43(36-39-44)37-40-45(3)4)47-42-34-32-30-28-26-24-22-20-18-16-14-12-10-8-6-2;1-5-7-9-11-13-15-17-19-21-23-25-27-29-31-33-39-45-43(37-35-42(41-43)36-38-44(3)4)46-40-34-32-30-28-26-24-22-20-18-16-14-12-10-8-6-2;1-2/h13-16,19-22,43H,5-12,17-18,23-42H2,1-4H3;13-16,19-22,42H,5-12,17-18,23-41H2,1-4H3;1-2H3/b2*15-13-,16-14-,21-19-,22-20-;. The Morgan fingerprint density at radius 2 is 0.495 bits per heavy atom. The third-order valence-corrected chi connectivity index (χ3v) is 19.2. The van der Waals surface area contributed by atoms with E-state index >= 15 is 0 Å². The average Bonchev–Trinajstić information content (AvgIpc) is 1.85. The van der Waals surface area contributed by atoms with E-state index in [0.29, 0.717) is 0 Å². The van der Waals surface area contributed by atoms with Gasteiger partial charge < -0.3 is 28.7 Å². The van der Waals surface area contributed by atoms with Crippen molar-refractivity contribution in [2.45, 2.75) is 393 Å². The molecule has 0 aliphatic heterocycles. The van der Waals surface area contributed by atoms with Crippen LogP contribution >= 0.6 is 0 Å². The maximum atomic E-state index is 6.62. The molecule has 0 aromatic carbocycles. The van der Waals surface area contributed by atoms with Crippen LogP contribution in [0, 0.1) is 11.8 Å². The lowest BCUT2D eigenvalue weighted by molar-refractivity contribution is -0.257. The van der Waals surface area contributed by atoms with Gasteiger partial charge in [0.25, 0.3) is 0 Å². The number of allylic oxidation sites excluding steroid dienone is 16. The van der Waals surface area contributed by atoms with Crippen molar-refractivity contribution in [3.8, 4) is 0 Å². The minimum Gasteiger partial charge on any atom is -0.350 e. The summed E-state index contributed by atoms with van der Waals surface area (Å²) in [5.74, 6) is 0.918. The van der Waals surface area contributed by atoms with E-state index in [-0.39, 0.29) is 11.6 Å². The zero-order valence-corrected chi connectivity index (χ0v) is 65.6. The van der Waals surface area contributed by atoms with Gasteiger partial charge in [0.2, 0.25) is 0 Å². The molecule has 0 N–H and O–H groups in total. The Morgan fingerprint density at radius 3 is 0.768 bits per heavy atom. The summed E-state index contributed by atoms with van der Waals surface area (Å²) >= 11 is 0. The first kappa shape index (κ1) is 92.7. The molecule has 6 nitrogen and oxygen atoms in total. The number of unbranched alkanes of at least 4 members (excludes halogenated alkanes) is 32. The molecule has 2 aliphatic rings. The highest BCUT2D eigenvalue weighted by molar-refractivity contribution is 4.96. The molecule has 2 rings (SSSR count). The van der Waals surface area contributed by atoms with Gasteiger partial charge >= 0.3 is 0 Å². The lowest BCUT2D eigenvalue weighted by atomic mass is 9.83. The summed E-state index contributed by atoms with van der Waals surface area (Å²) in [6, 6.07) is 0. The molecule has 0 aromatic heterocycles. The van der Waals surface area contributed by atoms with Gasteiger partial charge in [0.05, 0.1) is 26.4 Å². The summed E-state index contributed by atoms with van der Waals surface area (Å²) in [6.45, 7) is 18.8. The van der Waals surface area contributed by atoms with Crippen LogP contribution in [0.3, 0.4) is 0 Å². The summed E-state index contributed by atoms with van der Waals surface area (Å²) in [5.41, 5.74) is 0. The van der Waals surface area contributed by atoms with Gasteiger partial charge in [-0.15, -0.1) is 0 Å². The molecule has 2 aliphatic carbocycles. The van der Waals surface area contributed by atoms with E-state index < -0.39 is 0 Å². The Morgan fingerprint density at radius 1 is 0.274 bits per heavy atom. The lowest BCUT2D eigenvalue weighted by Gasteiger charge is -2.40. The fraction of sp³-hybridized carbons (Fsp3) is 0.820. The van der Waals surface area contributed by atoms with Crippen LogP contribution in [0.25, 0.3) is 0 Å². The normalized spacial score (nSPS) is 16.1. The lowest BCUT2D eigenvalue weighted by Crippen LogP contribution is -2.41. The summed E-state index contributed by atoms with van der Waals surface area (Å²) < 4.78 is 26.4. The van der Waals surface area contributed by atoms with Gasteiger partial charge in [0.15, 0.2) is 11.6 Å². The number of ether oxygens (including phenoxy) is 4. The summed E-state index contributed by atoms with van der Waals surface area (Å²) in [7, 11) is 8.75. The van der Waals surface area contributed by atoms with Crippen LogP contribution in [0.15, 0.2) is 97.2 Å². The molecule has 0 bridgehead atoms. The molecule has 2 saturated carbocycles. The van der Waals surface area contributed by atoms with Crippen LogP contribution in [-0.4, -0.2) is 89.1 Å². The summed E-state index contributed by atoms with van der Waals surface area (Å²) in [4.78, 5) is 4.63. The zero-order valence-electron chi connectivity index (χ0n) is 65.6. The third-order valence-electron chi connectivity index (χ3n) is 19.2. The van der Waals surface area contributed by atoms with Gasteiger partial charge in [-0.1, -0.05) is 267 Å². The van der Waals surface area contributed by atoms with E-state index in [4.69, 9.17) is 18.9 Å². The van der Waals surface area contributed by atoms with E-state index in [1.165, 1.54) is 270 Å². The highest BCUT2D eigenvalue weighted by atomic mass is 16.7. The predicted molar refractivity (Wildman–Crippen MR) is 425 cm³/mol. The van der Waals surface area contributed by atoms with Crippen molar-refractivity contribution in [3.05, 3.63) is 97.2 Å². The molecule has 0 radical (unpaired) electrons. The maximum Gasteiger partial charge on any atom is 0.168 e. The highest BCUT2D eigenvalue weighted by Crippen LogP contribution is 2.41.